The van der Waals surface area contributed by atoms with Crippen LogP contribution in [0.4, 0.5) is 4.79 Å². The number of hydrazine groups is 1. The summed E-state index contributed by atoms with van der Waals surface area (Å²) in [6.07, 6.45) is 1.47. The van der Waals surface area contributed by atoms with Crippen LogP contribution in [-0.4, -0.2) is 47.2 Å². The van der Waals surface area contributed by atoms with Crippen LogP contribution in [0, 0.1) is 0 Å². The standard InChI is InChI=1S/C11H21N3O2/c1-6-16-11(15)14-10(7-12-8(2)3)13(14)9(4)5/h7-10H,6H2,1-5H3. The van der Waals surface area contributed by atoms with Crippen molar-refractivity contribution in [2.45, 2.75) is 52.9 Å². The third kappa shape index (κ3) is 2.95. The Morgan fingerprint density at radius 3 is 2.50 bits per heavy atom. The molecule has 1 aliphatic rings. The van der Waals surface area contributed by atoms with Crippen LogP contribution in [0.2, 0.25) is 0 Å². The number of nitrogens with zero attached hydrogens (tertiary/aromatic N) is 3. The Morgan fingerprint density at radius 2 is 2.06 bits per heavy atom. The van der Waals surface area contributed by atoms with Crippen LogP contribution < -0.4 is 0 Å². The summed E-state index contributed by atoms with van der Waals surface area (Å²) >= 11 is 0. The van der Waals surface area contributed by atoms with Crippen molar-refractivity contribution in [3.8, 4) is 0 Å². The van der Waals surface area contributed by atoms with Gasteiger partial charge in [0.05, 0.1) is 6.61 Å². The van der Waals surface area contributed by atoms with Gasteiger partial charge in [0.2, 0.25) is 0 Å². The Balaban J connectivity index is 2.60. The van der Waals surface area contributed by atoms with Gasteiger partial charge in [0.15, 0.2) is 6.17 Å². The van der Waals surface area contributed by atoms with Crippen molar-refractivity contribution in [3.05, 3.63) is 0 Å². The summed E-state index contributed by atoms with van der Waals surface area (Å²) in [7, 11) is 0. The fourth-order valence-corrected chi connectivity index (χ4v) is 1.53. The SMILES string of the molecule is CCOC(=O)N1C(C=NC(C)C)N1C(C)C. The number of rotatable bonds is 4. The molecule has 0 aromatic rings. The van der Waals surface area contributed by atoms with E-state index in [4.69, 9.17) is 4.74 Å². The van der Waals surface area contributed by atoms with Gasteiger partial charge in [-0.25, -0.2) is 9.80 Å². The molecular formula is C11H21N3O2. The third-order valence-electron chi connectivity index (χ3n) is 2.22. The number of hydrogen-bond donors (Lipinski definition) is 0. The lowest BCUT2D eigenvalue weighted by molar-refractivity contribution is 0.114. The highest BCUT2D eigenvalue weighted by Gasteiger charge is 2.50. The second kappa shape index (κ2) is 5.30. The largest absolute Gasteiger partial charge is 0.449 e. The molecule has 1 saturated heterocycles. The Labute approximate surface area is 97.0 Å². The zero-order valence-corrected chi connectivity index (χ0v) is 10.7. The minimum absolute atomic E-state index is 0.0403. The highest BCUT2D eigenvalue weighted by molar-refractivity contribution is 5.79. The van der Waals surface area contributed by atoms with Gasteiger partial charge in [0.1, 0.15) is 0 Å². The van der Waals surface area contributed by atoms with Gasteiger partial charge in [-0.05, 0) is 34.6 Å². The third-order valence-corrected chi connectivity index (χ3v) is 2.22. The maximum Gasteiger partial charge on any atom is 0.426 e. The molecule has 5 nitrogen and oxygen atoms in total. The molecule has 92 valence electrons. The molecule has 0 saturated carbocycles. The number of carbonyl (C=O) groups is 1. The predicted molar refractivity (Wildman–Crippen MR) is 63.3 cm³/mol. The van der Waals surface area contributed by atoms with Crippen molar-refractivity contribution < 1.29 is 9.53 Å². The van der Waals surface area contributed by atoms with Crippen molar-refractivity contribution in [3.63, 3.8) is 0 Å². The molecule has 0 aromatic heterocycles. The normalized spacial score (nSPS) is 24.6. The quantitative estimate of drug-likeness (QED) is 0.544. The van der Waals surface area contributed by atoms with E-state index in [2.05, 4.69) is 4.99 Å². The van der Waals surface area contributed by atoms with Gasteiger partial charge in [-0.1, -0.05) is 0 Å². The topological polar surface area (TPSA) is 44.7 Å². The Morgan fingerprint density at radius 1 is 1.44 bits per heavy atom. The molecule has 0 radical (unpaired) electrons. The van der Waals surface area contributed by atoms with Crippen LogP contribution in [0.25, 0.3) is 0 Å². The molecule has 0 aliphatic carbocycles. The van der Waals surface area contributed by atoms with Crippen molar-refractivity contribution in [2.75, 3.05) is 6.61 Å². The Bertz CT molecular complexity index is 276. The first kappa shape index (κ1) is 13.0. The molecule has 0 bridgehead atoms. The fraction of sp³-hybridized carbons (Fsp3) is 0.818. The molecular weight excluding hydrogens is 206 g/mol. The van der Waals surface area contributed by atoms with E-state index in [9.17, 15) is 4.79 Å². The first-order valence-electron chi connectivity index (χ1n) is 5.76. The highest BCUT2D eigenvalue weighted by atomic mass is 16.6. The maximum absolute atomic E-state index is 11.6. The molecule has 16 heavy (non-hydrogen) atoms. The highest BCUT2D eigenvalue weighted by Crippen LogP contribution is 2.28. The summed E-state index contributed by atoms with van der Waals surface area (Å²) in [6, 6.07) is 0.520. The van der Waals surface area contributed by atoms with Gasteiger partial charge in [-0.2, -0.15) is 5.01 Å². The lowest BCUT2D eigenvalue weighted by Gasteiger charge is -2.06. The molecule has 5 heteroatoms. The van der Waals surface area contributed by atoms with Gasteiger partial charge >= 0.3 is 6.09 Å². The Kier molecular flexibility index (Phi) is 4.29. The van der Waals surface area contributed by atoms with E-state index in [1.165, 1.54) is 0 Å². The van der Waals surface area contributed by atoms with Crippen LogP contribution in [-0.2, 0) is 4.74 Å². The van der Waals surface area contributed by atoms with E-state index in [0.29, 0.717) is 6.61 Å². The lowest BCUT2D eigenvalue weighted by atomic mass is 10.4. The summed E-state index contributed by atoms with van der Waals surface area (Å²) in [5, 5.41) is 3.55. The van der Waals surface area contributed by atoms with E-state index in [-0.39, 0.29) is 24.3 Å². The molecule has 1 heterocycles. The lowest BCUT2D eigenvalue weighted by Crippen LogP contribution is -2.21. The van der Waals surface area contributed by atoms with Crippen LogP contribution in [0.1, 0.15) is 34.6 Å². The average molecular weight is 227 g/mol. The number of ether oxygens (including phenoxy) is 1. The molecule has 1 amide bonds. The molecule has 1 rings (SSSR count). The number of amides is 1. The fourth-order valence-electron chi connectivity index (χ4n) is 1.53. The van der Waals surface area contributed by atoms with E-state index >= 15 is 0 Å². The molecule has 2 unspecified atom stereocenters. The minimum atomic E-state index is -0.295. The number of hydrogen-bond acceptors (Lipinski definition) is 4. The van der Waals surface area contributed by atoms with Crippen molar-refractivity contribution in [2.24, 2.45) is 4.99 Å². The smallest absolute Gasteiger partial charge is 0.426 e. The van der Waals surface area contributed by atoms with Crippen molar-refractivity contribution >= 4 is 12.3 Å². The summed E-state index contributed by atoms with van der Waals surface area (Å²) in [5.74, 6) is 0. The zero-order valence-electron chi connectivity index (χ0n) is 10.7. The zero-order chi connectivity index (χ0) is 12.3. The summed E-state index contributed by atoms with van der Waals surface area (Å²) in [4.78, 5) is 15.9. The molecule has 0 N–H and O–H groups in total. The van der Waals surface area contributed by atoms with Gasteiger partial charge < -0.3 is 4.74 Å². The van der Waals surface area contributed by atoms with Gasteiger partial charge in [0, 0.05) is 18.3 Å². The van der Waals surface area contributed by atoms with E-state index in [1.54, 1.807) is 11.9 Å². The second-order valence-corrected chi connectivity index (χ2v) is 4.32. The number of carbonyl (C=O) groups excluding carboxylic acids is 1. The van der Waals surface area contributed by atoms with Gasteiger partial charge in [-0.15, -0.1) is 0 Å². The van der Waals surface area contributed by atoms with E-state index in [0.717, 1.165) is 0 Å². The summed E-state index contributed by atoms with van der Waals surface area (Å²) in [6.45, 7) is 10.3. The van der Waals surface area contributed by atoms with Crippen LogP contribution in [0.3, 0.4) is 0 Å². The average Bonchev–Trinajstić information content (AvgIpc) is 2.89. The first-order chi connectivity index (χ1) is 7.49. The molecule has 1 fully saturated rings. The van der Waals surface area contributed by atoms with E-state index < -0.39 is 0 Å². The van der Waals surface area contributed by atoms with Crippen molar-refractivity contribution in [1.82, 2.24) is 10.0 Å². The molecule has 2 atom stereocenters. The molecule has 0 spiro atoms. The predicted octanol–water partition coefficient (Wildman–Crippen LogP) is 1.89. The second-order valence-electron chi connectivity index (χ2n) is 4.32. The Hall–Kier alpha value is -1.10. The van der Waals surface area contributed by atoms with Crippen LogP contribution in [0.15, 0.2) is 4.99 Å². The molecule has 0 aromatic carbocycles. The summed E-state index contributed by atoms with van der Waals surface area (Å²) < 4.78 is 4.97. The van der Waals surface area contributed by atoms with Crippen LogP contribution in [0.5, 0.6) is 0 Å². The van der Waals surface area contributed by atoms with Gasteiger partial charge in [-0.3, -0.25) is 4.99 Å². The maximum atomic E-state index is 11.6. The van der Waals surface area contributed by atoms with Crippen molar-refractivity contribution in [1.29, 1.82) is 0 Å². The number of aliphatic imine (C=N–C) groups is 1. The minimum Gasteiger partial charge on any atom is -0.449 e. The van der Waals surface area contributed by atoms with Gasteiger partial charge in [0.25, 0.3) is 0 Å². The van der Waals surface area contributed by atoms with E-state index in [1.807, 2.05) is 38.9 Å². The monoisotopic (exact) mass is 227 g/mol. The summed E-state index contributed by atoms with van der Waals surface area (Å²) in [5.41, 5.74) is 0. The van der Waals surface area contributed by atoms with Crippen LogP contribution >= 0.6 is 0 Å². The first-order valence-corrected chi connectivity index (χ1v) is 5.76. The molecule has 1 aliphatic heterocycles.